The number of ether oxygens (including phenoxy) is 1. The van der Waals surface area contributed by atoms with Crippen LogP contribution in [0.3, 0.4) is 0 Å². The van der Waals surface area contributed by atoms with Crippen molar-refractivity contribution < 1.29 is 4.74 Å². The van der Waals surface area contributed by atoms with E-state index in [0.717, 1.165) is 5.92 Å². The lowest BCUT2D eigenvalue weighted by Crippen LogP contribution is -2.53. The lowest BCUT2D eigenvalue weighted by atomic mass is 9.59. The molecule has 0 spiro atoms. The van der Waals surface area contributed by atoms with Crippen molar-refractivity contribution in [1.82, 2.24) is 0 Å². The monoisotopic (exact) mass is 196 g/mol. The van der Waals surface area contributed by atoms with Crippen molar-refractivity contribution in [3.8, 4) is 0 Å². The van der Waals surface area contributed by atoms with Crippen molar-refractivity contribution in [2.75, 3.05) is 0 Å². The number of hydrogen-bond donors (Lipinski definition) is 0. The summed E-state index contributed by atoms with van der Waals surface area (Å²) in [7, 11) is 0. The van der Waals surface area contributed by atoms with Gasteiger partial charge < -0.3 is 4.74 Å². The third kappa shape index (κ3) is 1.60. The largest absolute Gasteiger partial charge is 0.372 e. The van der Waals surface area contributed by atoms with E-state index in [1.807, 2.05) is 0 Å². The molecule has 1 heteroatoms. The number of fused-ring (bicyclic) bond motifs is 1. The van der Waals surface area contributed by atoms with E-state index in [0.29, 0.717) is 11.5 Å². The van der Waals surface area contributed by atoms with Crippen LogP contribution in [0.25, 0.3) is 0 Å². The fourth-order valence-corrected chi connectivity index (χ4v) is 3.83. The molecule has 2 aliphatic rings. The van der Waals surface area contributed by atoms with E-state index in [2.05, 4.69) is 27.7 Å². The maximum absolute atomic E-state index is 6.21. The molecular formula is C13H24O. The van der Waals surface area contributed by atoms with Crippen molar-refractivity contribution >= 4 is 0 Å². The van der Waals surface area contributed by atoms with E-state index in [4.69, 9.17) is 4.74 Å². The van der Waals surface area contributed by atoms with Gasteiger partial charge in [-0.2, -0.15) is 0 Å². The summed E-state index contributed by atoms with van der Waals surface area (Å²) in [5.74, 6) is 0.778. The second-order valence-electron chi connectivity index (χ2n) is 6.21. The van der Waals surface area contributed by atoms with E-state index in [1.165, 1.54) is 32.1 Å². The molecule has 0 N–H and O–H groups in total. The smallest absolute Gasteiger partial charge is 0.0691 e. The highest BCUT2D eigenvalue weighted by Gasteiger charge is 2.49. The molecule has 2 fully saturated rings. The SMILES string of the molecule is C[C@@H]1CC[C@H]2C(C)(C)CCC[C@]2(C)O1. The number of rotatable bonds is 0. The van der Waals surface area contributed by atoms with Crippen LogP contribution in [-0.2, 0) is 4.74 Å². The van der Waals surface area contributed by atoms with Crippen LogP contribution in [0.1, 0.15) is 59.8 Å². The molecule has 0 aromatic rings. The zero-order chi connectivity index (χ0) is 10.4. The van der Waals surface area contributed by atoms with E-state index in [1.54, 1.807) is 0 Å². The summed E-state index contributed by atoms with van der Waals surface area (Å²) in [6, 6.07) is 0. The van der Waals surface area contributed by atoms with Crippen LogP contribution in [0.4, 0.5) is 0 Å². The van der Waals surface area contributed by atoms with Crippen LogP contribution in [0.15, 0.2) is 0 Å². The van der Waals surface area contributed by atoms with Gasteiger partial charge in [-0.05, 0) is 50.9 Å². The predicted octanol–water partition coefficient (Wildman–Crippen LogP) is 3.77. The van der Waals surface area contributed by atoms with Gasteiger partial charge in [-0.1, -0.05) is 20.3 Å². The van der Waals surface area contributed by atoms with Gasteiger partial charge in [0, 0.05) is 0 Å². The average Bonchev–Trinajstić information content (AvgIpc) is 2.00. The van der Waals surface area contributed by atoms with E-state index in [9.17, 15) is 0 Å². The predicted molar refractivity (Wildman–Crippen MR) is 59.3 cm³/mol. The highest BCUT2D eigenvalue weighted by molar-refractivity contribution is 4.99. The molecule has 82 valence electrons. The van der Waals surface area contributed by atoms with Crippen molar-refractivity contribution in [1.29, 1.82) is 0 Å². The summed E-state index contributed by atoms with van der Waals surface area (Å²) in [6.07, 6.45) is 7.09. The van der Waals surface area contributed by atoms with Gasteiger partial charge in [-0.25, -0.2) is 0 Å². The van der Waals surface area contributed by atoms with Crippen LogP contribution in [0.2, 0.25) is 0 Å². The molecule has 1 nitrogen and oxygen atoms in total. The minimum Gasteiger partial charge on any atom is -0.372 e. The Labute approximate surface area is 88.2 Å². The Morgan fingerprint density at radius 1 is 1.07 bits per heavy atom. The fourth-order valence-electron chi connectivity index (χ4n) is 3.83. The molecule has 0 amide bonds. The molecule has 0 bridgehead atoms. The third-order valence-corrected chi connectivity index (χ3v) is 4.51. The quantitative estimate of drug-likeness (QED) is 0.573. The summed E-state index contributed by atoms with van der Waals surface area (Å²) < 4.78 is 6.21. The molecule has 1 aliphatic carbocycles. The topological polar surface area (TPSA) is 9.23 Å². The standard InChI is InChI=1S/C13H24O/c1-10-6-7-11-12(2,3)8-5-9-13(11,4)14-10/h10-11H,5-9H2,1-4H3/t10-,11+,13+/m1/s1. The van der Waals surface area contributed by atoms with Gasteiger partial charge in [0.25, 0.3) is 0 Å². The summed E-state index contributed by atoms with van der Waals surface area (Å²) in [4.78, 5) is 0. The van der Waals surface area contributed by atoms with Crippen LogP contribution in [0, 0.1) is 11.3 Å². The lowest BCUT2D eigenvalue weighted by Gasteiger charge is -2.54. The summed E-state index contributed by atoms with van der Waals surface area (Å²) in [5, 5.41) is 0. The fraction of sp³-hybridized carbons (Fsp3) is 1.00. The Morgan fingerprint density at radius 2 is 1.79 bits per heavy atom. The molecule has 0 unspecified atom stereocenters. The summed E-state index contributed by atoms with van der Waals surface area (Å²) >= 11 is 0. The molecule has 1 heterocycles. The molecule has 0 aromatic carbocycles. The van der Waals surface area contributed by atoms with Crippen LogP contribution >= 0.6 is 0 Å². The third-order valence-electron chi connectivity index (χ3n) is 4.51. The maximum atomic E-state index is 6.21. The second-order valence-corrected chi connectivity index (χ2v) is 6.21. The lowest BCUT2D eigenvalue weighted by molar-refractivity contribution is -0.193. The van der Waals surface area contributed by atoms with Crippen molar-refractivity contribution in [3.05, 3.63) is 0 Å². The second kappa shape index (κ2) is 3.23. The molecule has 14 heavy (non-hydrogen) atoms. The zero-order valence-electron chi connectivity index (χ0n) is 10.1. The summed E-state index contributed by atoms with van der Waals surface area (Å²) in [5.41, 5.74) is 0.673. The Balaban J connectivity index is 2.21. The van der Waals surface area contributed by atoms with E-state index < -0.39 is 0 Å². The van der Waals surface area contributed by atoms with Gasteiger partial charge in [0.15, 0.2) is 0 Å². The first-order valence-electron chi connectivity index (χ1n) is 6.12. The maximum Gasteiger partial charge on any atom is 0.0691 e. The zero-order valence-corrected chi connectivity index (χ0v) is 10.1. The normalized spacial score (nSPS) is 47.1. The van der Waals surface area contributed by atoms with Crippen molar-refractivity contribution in [2.45, 2.75) is 71.5 Å². The van der Waals surface area contributed by atoms with Gasteiger partial charge in [0.1, 0.15) is 0 Å². The van der Waals surface area contributed by atoms with Crippen molar-refractivity contribution in [3.63, 3.8) is 0 Å². The highest BCUT2D eigenvalue weighted by Crippen LogP contribution is 2.52. The molecular weight excluding hydrogens is 172 g/mol. The minimum atomic E-state index is 0.180. The first kappa shape index (κ1) is 10.5. The Hall–Kier alpha value is -0.0400. The molecule has 0 radical (unpaired) electrons. The highest BCUT2D eigenvalue weighted by atomic mass is 16.5. The van der Waals surface area contributed by atoms with Crippen LogP contribution in [-0.4, -0.2) is 11.7 Å². The van der Waals surface area contributed by atoms with E-state index >= 15 is 0 Å². The van der Waals surface area contributed by atoms with E-state index in [-0.39, 0.29) is 5.60 Å². The minimum absolute atomic E-state index is 0.180. The Bertz CT molecular complexity index is 221. The molecule has 3 atom stereocenters. The first-order valence-corrected chi connectivity index (χ1v) is 6.12. The van der Waals surface area contributed by atoms with Gasteiger partial charge in [-0.3, -0.25) is 0 Å². The van der Waals surface area contributed by atoms with Crippen molar-refractivity contribution in [2.24, 2.45) is 11.3 Å². The summed E-state index contributed by atoms with van der Waals surface area (Å²) in [6.45, 7) is 9.42. The molecule has 1 saturated carbocycles. The first-order chi connectivity index (χ1) is 6.44. The molecule has 1 aliphatic heterocycles. The van der Waals surface area contributed by atoms with Gasteiger partial charge >= 0.3 is 0 Å². The number of hydrogen-bond acceptors (Lipinski definition) is 1. The van der Waals surface area contributed by atoms with Gasteiger partial charge in [0.2, 0.25) is 0 Å². The van der Waals surface area contributed by atoms with Crippen LogP contribution in [0.5, 0.6) is 0 Å². The Kier molecular flexibility index (Phi) is 2.42. The van der Waals surface area contributed by atoms with Gasteiger partial charge in [-0.15, -0.1) is 0 Å². The molecule has 0 aromatic heterocycles. The molecule has 1 saturated heterocycles. The molecule has 2 rings (SSSR count). The Morgan fingerprint density at radius 3 is 2.50 bits per heavy atom. The average molecular weight is 196 g/mol. The van der Waals surface area contributed by atoms with Gasteiger partial charge in [0.05, 0.1) is 11.7 Å². The van der Waals surface area contributed by atoms with Crippen LogP contribution < -0.4 is 0 Å².